The number of phenolic OH excluding ortho intramolecular Hbond substituents is 1. The van der Waals surface area contributed by atoms with Crippen LogP contribution in [0.2, 0.25) is 0 Å². The van der Waals surface area contributed by atoms with Crippen molar-refractivity contribution in [3.05, 3.63) is 71.9 Å². The zero-order chi connectivity index (χ0) is 23.3. The van der Waals surface area contributed by atoms with Gasteiger partial charge in [-0.3, -0.25) is 4.79 Å². The van der Waals surface area contributed by atoms with E-state index in [0.717, 1.165) is 21.6 Å². The average molecular weight is 466 g/mol. The molecule has 166 valence electrons. The van der Waals surface area contributed by atoms with E-state index in [1.807, 2.05) is 47.9 Å². The van der Waals surface area contributed by atoms with Crippen molar-refractivity contribution in [1.29, 1.82) is 0 Å². The Morgan fingerprint density at radius 1 is 1.03 bits per heavy atom. The summed E-state index contributed by atoms with van der Waals surface area (Å²) in [6.45, 7) is 12.5. The van der Waals surface area contributed by atoms with Crippen LogP contribution in [-0.2, 0) is 10.8 Å². The van der Waals surface area contributed by atoms with Gasteiger partial charge in [0.1, 0.15) is 5.75 Å². The number of nitrogens with zero attached hydrogens (tertiary/aromatic N) is 3. The molecule has 3 heterocycles. The Labute approximate surface area is 195 Å². The number of phenols is 1. The second-order valence-corrected chi connectivity index (χ2v) is 11.9. The molecule has 0 fully saturated rings. The van der Waals surface area contributed by atoms with Gasteiger partial charge in [-0.15, -0.1) is 16.4 Å². The van der Waals surface area contributed by atoms with E-state index in [4.69, 9.17) is 0 Å². The lowest BCUT2D eigenvalue weighted by Gasteiger charge is -2.27. The average Bonchev–Trinajstić information content (AvgIpc) is 3.39. The lowest BCUT2D eigenvalue weighted by atomic mass is 9.78. The van der Waals surface area contributed by atoms with Crippen molar-refractivity contribution < 1.29 is 5.11 Å². The van der Waals surface area contributed by atoms with Gasteiger partial charge in [-0.1, -0.05) is 58.9 Å². The third-order valence-corrected chi connectivity index (χ3v) is 6.98. The van der Waals surface area contributed by atoms with E-state index in [-0.39, 0.29) is 16.4 Å². The van der Waals surface area contributed by atoms with Crippen molar-refractivity contribution in [3.63, 3.8) is 0 Å². The van der Waals surface area contributed by atoms with Crippen LogP contribution in [0.4, 0.5) is 0 Å². The Bertz CT molecular complexity index is 1380. The molecular weight excluding hydrogens is 438 g/mol. The van der Waals surface area contributed by atoms with Gasteiger partial charge in [-0.25, -0.2) is 0 Å². The van der Waals surface area contributed by atoms with E-state index in [2.05, 4.69) is 51.6 Å². The second-order valence-electron chi connectivity index (χ2n) is 9.89. The largest absolute Gasteiger partial charge is 0.507 e. The third kappa shape index (κ3) is 4.40. The number of rotatable bonds is 3. The lowest BCUT2D eigenvalue weighted by Crippen LogP contribution is -2.24. The molecule has 0 aliphatic heterocycles. The number of thiazole rings is 1. The monoisotopic (exact) mass is 465 g/mol. The van der Waals surface area contributed by atoms with Crippen molar-refractivity contribution >= 4 is 45.9 Å². The maximum absolute atomic E-state index is 13.0. The van der Waals surface area contributed by atoms with Gasteiger partial charge in [-0.2, -0.15) is 9.50 Å². The standard InChI is InChI=1S/C25H27N3O2S2/c1-24(2,3)17-12-15(13-18(21(17)29)25(4,5)6)14-19-22(30)28-23(32-19)26-20(27-28)10-9-16-8-7-11-31-16/h7-14,29H,1-6H3. The zero-order valence-corrected chi connectivity index (χ0v) is 20.8. The first-order chi connectivity index (χ1) is 14.9. The van der Waals surface area contributed by atoms with Crippen molar-refractivity contribution in [2.45, 2.75) is 52.4 Å². The minimum absolute atomic E-state index is 0.184. The molecule has 4 aromatic rings. The summed E-state index contributed by atoms with van der Waals surface area (Å²) in [5.41, 5.74) is 1.97. The van der Waals surface area contributed by atoms with E-state index < -0.39 is 0 Å². The van der Waals surface area contributed by atoms with E-state index in [1.54, 1.807) is 11.3 Å². The first kappa shape index (κ1) is 22.4. The van der Waals surface area contributed by atoms with Crippen LogP contribution in [0.15, 0.2) is 34.4 Å². The predicted molar refractivity (Wildman–Crippen MR) is 135 cm³/mol. The molecule has 0 radical (unpaired) electrons. The molecular formula is C25H27N3O2S2. The molecule has 3 aromatic heterocycles. The zero-order valence-electron chi connectivity index (χ0n) is 19.1. The van der Waals surface area contributed by atoms with Gasteiger partial charge in [-0.05, 0) is 58.2 Å². The molecule has 0 spiro atoms. The van der Waals surface area contributed by atoms with Crippen LogP contribution in [-0.4, -0.2) is 19.7 Å². The van der Waals surface area contributed by atoms with E-state index >= 15 is 0 Å². The Hall–Kier alpha value is -2.77. The highest BCUT2D eigenvalue weighted by molar-refractivity contribution is 7.15. The minimum atomic E-state index is -0.233. The second kappa shape index (κ2) is 7.98. The minimum Gasteiger partial charge on any atom is -0.507 e. The summed E-state index contributed by atoms with van der Waals surface area (Å²) in [5, 5.41) is 17.3. The highest BCUT2D eigenvalue weighted by Crippen LogP contribution is 2.39. The summed E-state index contributed by atoms with van der Waals surface area (Å²) in [5.74, 6) is 0.845. The van der Waals surface area contributed by atoms with Crippen LogP contribution >= 0.6 is 22.7 Å². The number of aromatic nitrogens is 3. The van der Waals surface area contributed by atoms with E-state index in [1.165, 1.54) is 15.9 Å². The number of benzene rings is 1. The van der Waals surface area contributed by atoms with Crippen LogP contribution in [0.1, 0.15) is 68.9 Å². The van der Waals surface area contributed by atoms with Crippen LogP contribution in [0, 0.1) is 0 Å². The van der Waals surface area contributed by atoms with E-state index in [9.17, 15) is 9.90 Å². The number of hydrogen-bond acceptors (Lipinski definition) is 6. The first-order valence-electron chi connectivity index (χ1n) is 10.4. The molecule has 0 saturated carbocycles. The van der Waals surface area contributed by atoms with Crippen molar-refractivity contribution in [2.75, 3.05) is 0 Å². The van der Waals surface area contributed by atoms with Crippen LogP contribution in [0.3, 0.4) is 0 Å². The molecule has 4 rings (SSSR count). The molecule has 7 heteroatoms. The number of hydrogen-bond donors (Lipinski definition) is 1. The third-order valence-electron chi connectivity index (χ3n) is 5.18. The van der Waals surface area contributed by atoms with Crippen LogP contribution in [0.5, 0.6) is 5.75 Å². The topological polar surface area (TPSA) is 67.5 Å². The first-order valence-corrected chi connectivity index (χ1v) is 12.1. The SMILES string of the molecule is CC(C)(C)c1cc(C=c2sc3nc(C=Cc4cccs4)nn3c2=O)cc(C(C)(C)C)c1O. The lowest BCUT2D eigenvalue weighted by molar-refractivity contribution is 0.423. The molecule has 0 saturated heterocycles. The highest BCUT2D eigenvalue weighted by atomic mass is 32.1. The van der Waals surface area contributed by atoms with Gasteiger partial charge in [0, 0.05) is 16.0 Å². The molecule has 0 amide bonds. The summed E-state index contributed by atoms with van der Waals surface area (Å²) < 4.78 is 1.93. The smallest absolute Gasteiger partial charge is 0.291 e. The molecule has 0 bridgehead atoms. The predicted octanol–water partition coefficient (Wildman–Crippen LogP) is 5.23. The number of thiophene rings is 1. The van der Waals surface area contributed by atoms with Crippen molar-refractivity contribution in [1.82, 2.24) is 14.6 Å². The Morgan fingerprint density at radius 2 is 1.69 bits per heavy atom. The fraction of sp³-hybridized carbons (Fsp3) is 0.320. The fourth-order valence-electron chi connectivity index (χ4n) is 3.50. The highest BCUT2D eigenvalue weighted by Gasteiger charge is 2.26. The van der Waals surface area contributed by atoms with Crippen molar-refractivity contribution in [3.8, 4) is 5.75 Å². The van der Waals surface area contributed by atoms with Gasteiger partial charge in [0.2, 0.25) is 4.96 Å². The quantitative estimate of drug-likeness (QED) is 0.450. The summed E-state index contributed by atoms with van der Waals surface area (Å²) in [4.78, 5) is 19.1. The molecule has 0 aliphatic rings. The summed E-state index contributed by atoms with van der Waals surface area (Å²) in [6, 6.07) is 7.94. The maximum Gasteiger partial charge on any atom is 0.291 e. The summed E-state index contributed by atoms with van der Waals surface area (Å²) >= 11 is 2.95. The van der Waals surface area contributed by atoms with Gasteiger partial charge in [0.25, 0.3) is 5.56 Å². The molecule has 0 atom stereocenters. The fourth-order valence-corrected chi connectivity index (χ4v) is 5.03. The molecule has 5 nitrogen and oxygen atoms in total. The van der Waals surface area contributed by atoms with E-state index in [0.29, 0.717) is 21.1 Å². The van der Waals surface area contributed by atoms with Gasteiger partial charge in [0.05, 0.1) is 4.53 Å². The molecule has 32 heavy (non-hydrogen) atoms. The Kier molecular flexibility index (Phi) is 5.59. The van der Waals surface area contributed by atoms with Crippen LogP contribution in [0.25, 0.3) is 23.2 Å². The Balaban J connectivity index is 1.80. The molecule has 0 aliphatic carbocycles. The number of fused-ring (bicyclic) bond motifs is 1. The molecule has 1 aromatic carbocycles. The van der Waals surface area contributed by atoms with Crippen LogP contribution < -0.4 is 10.1 Å². The normalized spacial score (nSPS) is 13.6. The van der Waals surface area contributed by atoms with Gasteiger partial charge >= 0.3 is 0 Å². The Morgan fingerprint density at radius 3 is 2.22 bits per heavy atom. The molecule has 1 N–H and O–H groups in total. The summed E-state index contributed by atoms with van der Waals surface area (Å²) in [7, 11) is 0. The maximum atomic E-state index is 13.0. The van der Waals surface area contributed by atoms with Crippen molar-refractivity contribution in [2.24, 2.45) is 0 Å². The van der Waals surface area contributed by atoms with Gasteiger partial charge in [0.15, 0.2) is 5.82 Å². The molecule has 0 unspecified atom stereocenters. The summed E-state index contributed by atoms with van der Waals surface area (Å²) in [6.07, 6.45) is 5.63. The number of aromatic hydroxyl groups is 1. The van der Waals surface area contributed by atoms with Gasteiger partial charge < -0.3 is 5.11 Å².